The number of aryl methyl sites for hydroxylation is 1. The standard InChI is InChI=1S/C26H23FN2O2/c1-3-26(30)31-28-24(16-19-9-5-4-8-18(19)2)23-17-29(21-14-12-20(27)13-15-21)25-11-7-6-10-22(23)25/h4-15,17H,3,16H2,1-2H3/b28-24+. The van der Waals surface area contributed by atoms with E-state index >= 15 is 0 Å². The number of aromatic nitrogens is 1. The number of hydrogen-bond acceptors (Lipinski definition) is 3. The lowest BCUT2D eigenvalue weighted by Crippen LogP contribution is -2.09. The van der Waals surface area contributed by atoms with E-state index in [1.54, 1.807) is 19.1 Å². The summed E-state index contributed by atoms with van der Waals surface area (Å²) in [5.74, 6) is -0.668. The van der Waals surface area contributed by atoms with E-state index in [4.69, 9.17) is 4.84 Å². The Balaban J connectivity index is 1.86. The number of nitrogens with zero attached hydrogens (tertiary/aromatic N) is 2. The highest BCUT2D eigenvalue weighted by atomic mass is 19.1. The molecule has 0 radical (unpaired) electrons. The van der Waals surface area contributed by atoms with Gasteiger partial charge < -0.3 is 9.40 Å². The molecule has 0 saturated heterocycles. The van der Waals surface area contributed by atoms with Crippen LogP contribution in [0.4, 0.5) is 4.39 Å². The molecule has 1 heterocycles. The molecule has 0 fully saturated rings. The Kier molecular flexibility index (Phi) is 5.94. The highest BCUT2D eigenvalue weighted by Gasteiger charge is 2.17. The number of para-hydroxylation sites is 1. The first kappa shape index (κ1) is 20.5. The molecule has 0 saturated carbocycles. The maximum Gasteiger partial charge on any atom is 0.334 e. The minimum Gasteiger partial charge on any atom is -0.318 e. The second kappa shape index (κ2) is 8.96. The summed E-state index contributed by atoms with van der Waals surface area (Å²) in [5, 5.41) is 5.24. The fourth-order valence-electron chi connectivity index (χ4n) is 3.56. The molecule has 5 heteroatoms. The SMILES string of the molecule is CCC(=O)O/N=C(\Cc1ccccc1C)c1cn(-c2ccc(F)cc2)c2ccccc12. The van der Waals surface area contributed by atoms with E-state index in [9.17, 15) is 9.18 Å². The van der Waals surface area contributed by atoms with Gasteiger partial charge in [-0.2, -0.15) is 0 Å². The molecule has 0 atom stereocenters. The Morgan fingerprint density at radius 1 is 1.00 bits per heavy atom. The van der Waals surface area contributed by atoms with E-state index in [2.05, 4.69) is 5.16 Å². The third-order valence-corrected chi connectivity index (χ3v) is 5.29. The quantitative estimate of drug-likeness (QED) is 0.221. The highest BCUT2D eigenvalue weighted by Crippen LogP contribution is 2.27. The molecule has 0 amide bonds. The molecule has 0 bridgehead atoms. The molecule has 0 spiro atoms. The van der Waals surface area contributed by atoms with E-state index in [1.165, 1.54) is 12.1 Å². The Morgan fingerprint density at radius 3 is 2.45 bits per heavy atom. The van der Waals surface area contributed by atoms with Crippen LogP contribution in [0.5, 0.6) is 0 Å². The molecule has 1 aromatic heterocycles. The van der Waals surface area contributed by atoms with Gasteiger partial charge in [0, 0.05) is 35.7 Å². The van der Waals surface area contributed by atoms with Crippen LogP contribution in [0.2, 0.25) is 0 Å². The molecular weight excluding hydrogens is 391 g/mol. The Labute approximate surface area is 180 Å². The molecule has 31 heavy (non-hydrogen) atoms. The number of halogens is 1. The van der Waals surface area contributed by atoms with Crippen LogP contribution in [0, 0.1) is 12.7 Å². The average Bonchev–Trinajstić information content (AvgIpc) is 3.18. The van der Waals surface area contributed by atoms with Crippen LogP contribution in [0.15, 0.2) is 84.1 Å². The number of fused-ring (bicyclic) bond motifs is 1. The number of oxime groups is 1. The first-order valence-electron chi connectivity index (χ1n) is 10.2. The molecule has 156 valence electrons. The van der Waals surface area contributed by atoms with Crippen molar-refractivity contribution in [2.45, 2.75) is 26.7 Å². The fraction of sp³-hybridized carbons (Fsp3) is 0.154. The highest BCUT2D eigenvalue weighted by molar-refractivity contribution is 6.12. The summed E-state index contributed by atoms with van der Waals surface area (Å²) in [6.07, 6.45) is 2.73. The van der Waals surface area contributed by atoms with E-state index in [-0.39, 0.29) is 18.2 Å². The summed E-state index contributed by atoms with van der Waals surface area (Å²) >= 11 is 0. The molecule has 0 aliphatic rings. The van der Waals surface area contributed by atoms with Crippen LogP contribution in [-0.2, 0) is 16.1 Å². The van der Waals surface area contributed by atoms with Crippen LogP contribution in [0.25, 0.3) is 16.6 Å². The topological polar surface area (TPSA) is 43.6 Å². The number of rotatable bonds is 6. The predicted octanol–water partition coefficient (Wildman–Crippen LogP) is 5.98. The van der Waals surface area contributed by atoms with Crippen molar-refractivity contribution >= 4 is 22.6 Å². The first-order valence-corrected chi connectivity index (χ1v) is 10.2. The van der Waals surface area contributed by atoms with Crippen molar-refractivity contribution in [1.82, 2.24) is 4.57 Å². The van der Waals surface area contributed by atoms with Gasteiger partial charge in [0.2, 0.25) is 0 Å². The molecule has 0 N–H and O–H groups in total. The summed E-state index contributed by atoms with van der Waals surface area (Å²) in [6.45, 7) is 3.78. The Hall–Kier alpha value is -3.73. The maximum atomic E-state index is 13.5. The largest absolute Gasteiger partial charge is 0.334 e. The Morgan fingerprint density at radius 2 is 1.71 bits per heavy atom. The minimum atomic E-state index is -0.385. The first-order chi connectivity index (χ1) is 15.1. The molecule has 4 nitrogen and oxygen atoms in total. The van der Waals surface area contributed by atoms with E-state index in [0.29, 0.717) is 12.1 Å². The van der Waals surface area contributed by atoms with Gasteiger partial charge >= 0.3 is 5.97 Å². The van der Waals surface area contributed by atoms with Crippen molar-refractivity contribution in [2.75, 3.05) is 0 Å². The van der Waals surface area contributed by atoms with Gasteiger partial charge in [0.1, 0.15) is 5.82 Å². The lowest BCUT2D eigenvalue weighted by Gasteiger charge is -2.08. The summed E-state index contributed by atoms with van der Waals surface area (Å²) in [6, 6.07) is 22.4. The Bertz CT molecular complexity index is 1260. The third kappa shape index (κ3) is 4.40. The molecule has 0 unspecified atom stereocenters. The van der Waals surface area contributed by atoms with Crippen molar-refractivity contribution in [2.24, 2.45) is 5.16 Å². The number of carbonyl (C=O) groups excluding carboxylic acids is 1. The van der Waals surface area contributed by atoms with Crippen molar-refractivity contribution in [3.8, 4) is 5.69 Å². The number of carbonyl (C=O) groups is 1. The minimum absolute atomic E-state index is 0.248. The van der Waals surface area contributed by atoms with Crippen LogP contribution in [-0.4, -0.2) is 16.2 Å². The smallest absolute Gasteiger partial charge is 0.318 e. The summed E-state index contributed by atoms with van der Waals surface area (Å²) in [7, 11) is 0. The van der Waals surface area contributed by atoms with Gasteiger partial charge in [-0.05, 0) is 48.4 Å². The fourth-order valence-corrected chi connectivity index (χ4v) is 3.56. The van der Waals surface area contributed by atoms with E-state index in [1.807, 2.05) is 66.2 Å². The third-order valence-electron chi connectivity index (χ3n) is 5.29. The lowest BCUT2D eigenvalue weighted by molar-refractivity contribution is -0.143. The van der Waals surface area contributed by atoms with Crippen molar-refractivity contribution in [3.63, 3.8) is 0 Å². The van der Waals surface area contributed by atoms with E-state index in [0.717, 1.165) is 33.3 Å². The zero-order valence-corrected chi connectivity index (χ0v) is 17.5. The number of hydrogen-bond donors (Lipinski definition) is 0. The van der Waals surface area contributed by atoms with Gasteiger partial charge in [0.05, 0.1) is 11.2 Å². The molecule has 0 aliphatic carbocycles. The molecule has 3 aromatic carbocycles. The zero-order valence-electron chi connectivity index (χ0n) is 17.5. The normalized spacial score (nSPS) is 11.6. The van der Waals surface area contributed by atoms with Crippen molar-refractivity contribution < 1.29 is 14.0 Å². The van der Waals surface area contributed by atoms with Gasteiger partial charge in [-0.1, -0.05) is 54.5 Å². The van der Waals surface area contributed by atoms with Gasteiger partial charge in [0.25, 0.3) is 0 Å². The van der Waals surface area contributed by atoms with Gasteiger partial charge in [-0.3, -0.25) is 0 Å². The van der Waals surface area contributed by atoms with Crippen molar-refractivity contribution in [1.29, 1.82) is 0 Å². The molecular formula is C26H23FN2O2. The molecule has 0 aliphatic heterocycles. The summed E-state index contributed by atoms with van der Waals surface area (Å²) < 4.78 is 15.5. The maximum absolute atomic E-state index is 13.5. The summed E-state index contributed by atoms with van der Waals surface area (Å²) in [5.41, 5.74) is 5.57. The number of benzene rings is 3. The second-order valence-electron chi connectivity index (χ2n) is 7.36. The summed E-state index contributed by atoms with van der Waals surface area (Å²) in [4.78, 5) is 17.0. The lowest BCUT2D eigenvalue weighted by atomic mass is 9.98. The molecule has 4 rings (SSSR count). The van der Waals surface area contributed by atoms with Crippen molar-refractivity contribution in [3.05, 3.63) is 102 Å². The van der Waals surface area contributed by atoms with E-state index < -0.39 is 0 Å². The second-order valence-corrected chi connectivity index (χ2v) is 7.36. The van der Waals surface area contributed by atoms with Crippen LogP contribution in [0.3, 0.4) is 0 Å². The monoisotopic (exact) mass is 414 g/mol. The predicted molar refractivity (Wildman–Crippen MR) is 121 cm³/mol. The molecule has 4 aromatic rings. The van der Waals surface area contributed by atoms with Crippen LogP contribution in [0.1, 0.15) is 30.0 Å². The van der Waals surface area contributed by atoms with Gasteiger partial charge in [-0.15, -0.1) is 0 Å². The van der Waals surface area contributed by atoms with Crippen LogP contribution >= 0.6 is 0 Å². The average molecular weight is 414 g/mol. The zero-order chi connectivity index (χ0) is 21.8. The van der Waals surface area contributed by atoms with Gasteiger partial charge in [-0.25, -0.2) is 9.18 Å². The van der Waals surface area contributed by atoms with Gasteiger partial charge in [0.15, 0.2) is 0 Å². The van der Waals surface area contributed by atoms with Crippen LogP contribution < -0.4 is 0 Å².